The average molecular weight is 364 g/mol. The van der Waals surface area contributed by atoms with Gasteiger partial charge in [0.1, 0.15) is 5.75 Å². The predicted octanol–water partition coefficient (Wildman–Crippen LogP) is 2.44. The van der Waals surface area contributed by atoms with Gasteiger partial charge in [-0.1, -0.05) is 24.3 Å². The van der Waals surface area contributed by atoms with Gasteiger partial charge in [-0.3, -0.25) is 9.59 Å². The van der Waals surface area contributed by atoms with Gasteiger partial charge in [-0.05, 0) is 43.2 Å². The summed E-state index contributed by atoms with van der Waals surface area (Å²) in [5, 5.41) is 10.7. The van der Waals surface area contributed by atoms with Gasteiger partial charge < -0.3 is 15.8 Å². The van der Waals surface area contributed by atoms with Crippen molar-refractivity contribution in [3.8, 4) is 5.75 Å². The minimum absolute atomic E-state index is 0.314. The van der Waals surface area contributed by atoms with E-state index in [-0.39, 0.29) is 5.91 Å². The lowest BCUT2D eigenvalue weighted by Crippen LogP contribution is -2.47. The number of ether oxygens (including phenoxy) is 1. The third-order valence-corrected chi connectivity index (χ3v) is 4.78. The molecule has 0 fully saturated rings. The Hall–Kier alpha value is -3.48. The Labute approximate surface area is 156 Å². The van der Waals surface area contributed by atoms with Crippen molar-refractivity contribution in [2.24, 2.45) is 15.9 Å². The molecule has 2 aromatic rings. The van der Waals surface area contributed by atoms with Crippen LogP contribution >= 0.6 is 0 Å². The van der Waals surface area contributed by atoms with Crippen LogP contribution in [0.25, 0.3) is 0 Å². The molecule has 1 atom stereocenters. The summed E-state index contributed by atoms with van der Waals surface area (Å²) in [6.07, 6.45) is 1.44. The molecule has 0 bridgehead atoms. The van der Waals surface area contributed by atoms with Gasteiger partial charge in [0, 0.05) is 5.69 Å². The van der Waals surface area contributed by atoms with Crippen molar-refractivity contribution in [3.05, 3.63) is 59.2 Å². The van der Waals surface area contributed by atoms with Crippen molar-refractivity contribution in [2.75, 3.05) is 12.4 Å². The van der Waals surface area contributed by atoms with Crippen LogP contribution in [0.3, 0.4) is 0 Å². The lowest BCUT2D eigenvalue weighted by Gasteiger charge is -2.26. The number of hydrogen-bond acceptors (Lipinski definition) is 5. The number of rotatable bonds is 5. The van der Waals surface area contributed by atoms with E-state index in [0.29, 0.717) is 33.8 Å². The van der Waals surface area contributed by atoms with E-state index in [0.717, 1.165) is 0 Å². The van der Waals surface area contributed by atoms with E-state index in [4.69, 9.17) is 10.5 Å². The SMILES string of the molecule is COc1ccccc1C(=O)Nc1cccc(C2(C(N)=O)C=NN=C2C)c1C. The van der Waals surface area contributed by atoms with Crippen molar-refractivity contribution in [1.82, 2.24) is 0 Å². The first-order chi connectivity index (χ1) is 12.9. The maximum absolute atomic E-state index is 12.7. The van der Waals surface area contributed by atoms with Gasteiger partial charge in [-0.2, -0.15) is 10.2 Å². The monoisotopic (exact) mass is 364 g/mol. The standard InChI is InChI=1S/C20H20N4O3/c1-12-15(20(19(21)26)11-22-24-13(20)2)8-6-9-16(12)23-18(25)14-7-4-5-10-17(14)27-3/h4-11H,1-3H3,(H2,21,26)(H,23,25). The fourth-order valence-electron chi connectivity index (χ4n) is 3.23. The Morgan fingerprint density at radius 2 is 1.85 bits per heavy atom. The minimum atomic E-state index is -1.21. The van der Waals surface area contributed by atoms with Crippen LogP contribution in [-0.2, 0) is 10.2 Å². The molecule has 27 heavy (non-hydrogen) atoms. The summed E-state index contributed by atoms with van der Waals surface area (Å²) < 4.78 is 5.25. The zero-order valence-electron chi connectivity index (χ0n) is 15.3. The van der Waals surface area contributed by atoms with Crippen molar-refractivity contribution in [1.29, 1.82) is 0 Å². The molecule has 1 heterocycles. The van der Waals surface area contributed by atoms with Crippen LogP contribution in [0.4, 0.5) is 5.69 Å². The number of nitrogens with two attached hydrogens (primary N) is 1. The molecular weight excluding hydrogens is 344 g/mol. The van der Waals surface area contributed by atoms with Crippen LogP contribution < -0.4 is 15.8 Å². The number of nitrogens with one attached hydrogen (secondary N) is 1. The van der Waals surface area contributed by atoms with Crippen LogP contribution in [-0.4, -0.2) is 30.9 Å². The van der Waals surface area contributed by atoms with Gasteiger partial charge in [0.05, 0.1) is 24.6 Å². The molecule has 0 saturated heterocycles. The molecule has 1 unspecified atom stereocenters. The van der Waals surface area contributed by atoms with Crippen molar-refractivity contribution < 1.29 is 14.3 Å². The summed E-state index contributed by atoms with van der Waals surface area (Å²) in [5.74, 6) is -0.407. The maximum atomic E-state index is 12.7. The molecule has 0 aliphatic carbocycles. The van der Waals surface area contributed by atoms with Gasteiger partial charge in [-0.25, -0.2) is 0 Å². The summed E-state index contributed by atoms with van der Waals surface area (Å²) >= 11 is 0. The quantitative estimate of drug-likeness (QED) is 0.851. The van der Waals surface area contributed by atoms with Gasteiger partial charge >= 0.3 is 0 Å². The second-order valence-corrected chi connectivity index (χ2v) is 6.23. The Morgan fingerprint density at radius 1 is 1.11 bits per heavy atom. The summed E-state index contributed by atoms with van der Waals surface area (Å²) in [4.78, 5) is 25.0. The van der Waals surface area contributed by atoms with E-state index < -0.39 is 11.3 Å². The maximum Gasteiger partial charge on any atom is 0.259 e. The number of para-hydroxylation sites is 1. The molecule has 0 aromatic heterocycles. The molecule has 0 spiro atoms. The van der Waals surface area contributed by atoms with Gasteiger partial charge in [0.2, 0.25) is 5.91 Å². The Balaban J connectivity index is 2.01. The number of methoxy groups -OCH3 is 1. The van der Waals surface area contributed by atoms with E-state index in [9.17, 15) is 9.59 Å². The molecular formula is C20H20N4O3. The van der Waals surface area contributed by atoms with E-state index in [1.54, 1.807) is 49.4 Å². The molecule has 1 aliphatic rings. The highest BCUT2D eigenvalue weighted by Gasteiger charge is 2.44. The number of primary amides is 1. The van der Waals surface area contributed by atoms with Crippen molar-refractivity contribution >= 4 is 29.4 Å². The van der Waals surface area contributed by atoms with E-state index in [1.807, 2.05) is 6.92 Å². The average Bonchev–Trinajstić information content (AvgIpc) is 3.05. The number of amides is 2. The molecule has 138 valence electrons. The van der Waals surface area contributed by atoms with Crippen LogP contribution in [0.1, 0.15) is 28.4 Å². The lowest BCUT2D eigenvalue weighted by molar-refractivity contribution is -0.119. The first-order valence-electron chi connectivity index (χ1n) is 8.35. The summed E-state index contributed by atoms with van der Waals surface area (Å²) in [7, 11) is 1.51. The topological polar surface area (TPSA) is 106 Å². The molecule has 2 aromatic carbocycles. The Bertz CT molecular complexity index is 981. The minimum Gasteiger partial charge on any atom is -0.496 e. The number of anilines is 1. The normalized spacial score (nSPS) is 18.1. The Kier molecular flexibility index (Phi) is 4.77. The van der Waals surface area contributed by atoms with Crippen molar-refractivity contribution in [3.63, 3.8) is 0 Å². The summed E-state index contributed by atoms with van der Waals surface area (Å²) in [6, 6.07) is 12.3. The first-order valence-corrected chi connectivity index (χ1v) is 8.35. The highest BCUT2D eigenvalue weighted by Crippen LogP contribution is 2.33. The molecule has 1 aliphatic heterocycles. The third kappa shape index (κ3) is 2.97. The highest BCUT2D eigenvalue weighted by atomic mass is 16.5. The molecule has 7 nitrogen and oxygen atoms in total. The second kappa shape index (κ2) is 7.03. The number of benzene rings is 2. The molecule has 7 heteroatoms. The Morgan fingerprint density at radius 3 is 2.48 bits per heavy atom. The van der Waals surface area contributed by atoms with Gasteiger partial charge in [-0.15, -0.1) is 0 Å². The van der Waals surface area contributed by atoms with E-state index >= 15 is 0 Å². The molecule has 0 saturated carbocycles. The smallest absolute Gasteiger partial charge is 0.259 e. The largest absolute Gasteiger partial charge is 0.496 e. The van der Waals surface area contributed by atoms with E-state index in [2.05, 4.69) is 15.5 Å². The van der Waals surface area contributed by atoms with E-state index in [1.165, 1.54) is 13.3 Å². The third-order valence-electron chi connectivity index (χ3n) is 4.78. The summed E-state index contributed by atoms with van der Waals surface area (Å²) in [5.41, 5.74) is 7.29. The lowest BCUT2D eigenvalue weighted by atomic mass is 9.75. The molecule has 2 amide bonds. The van der Waals surface area contributed by atoms with Gasteiger partial charge in [0.15, 0.2) is 5.41 Å². The second-order valence-electron chi connectivity index (χ2n) is 6.23. The molecule has 0 radical (unpaired) electrons. The van der Waals surface area contributed by atoms with Crippen LogP contribution in [0.5, 0.6) is 5.75 Å². The summed E-state index contributed by atoms with van der Waals surface area (Å²) in [6.45, 7) is 3.52. The zero-order valence-corrected chi connectivity index (χ0v) is 15.3. The van der Waals surface area contributed by atoms with Crippen LogP contribution in [0.2, 0.25) is 0 Å². The van der Waals surface area contributed by atoms with Crippen LogP contribution in [0.15, 0.2) is 52.7 Å². The van der Waals surface area contributed by atoms with Crippen molar-refractivity contribution in [2.45, 2.75) is 19.3 Å². The first kappa shape index (κ1) is 18.3. The number of carbonyl (C=O) groups is 2. The van der Waals surface area contributed by atoms with Crippen LogP contribution in [0, 0.1) is 6.92 Å². The highest BCUT2D eigenvalue weighted by molar-refractivity contribution is 6.27. The molecule has 3 rings (SSSR count). The predicted molar refractivity (Wildman–Crippen MR) is 105 cm³/mol. The zero-order chi connectivity index (χ0) is 19.6. The molecule has 3 N–H and O–H groups in total. The number of hydrogen-bond donors (Lipinski definition) is 2. The van der Waals surface area contributed by atoms with Gasteiger partial charge in [0.25, 0.3) is 5.91 Å². The fraction of sp³-hybridized carbons (Fsp3) is 0.200. The fourth-order valence-corrected chi connectivity index (χ4v) is 3.23. The number of nitrogens with zero attached hydrogens (tertiary/aromatic N) is 2. The number of carbonyl (C=O) groups excluding carboxylic acids is 2.